The normalized spacial score (nSPS) is 10.9. The molecule has 126 valence electrons. The Balaban J connectivity index is 2.44. The predicted octanol–water partition coefficient (Wildman–Crippen LogP) is 2.89. The molecule has 0 atom stereocenters. The van der Waals surface area contributed by atoms with E-state index in [4.69, 9.17) is 9.47 Å². The van der Waals surface area contributed by atoms with Crippen LogP contribution >= 0.6 is 0 Å². The maximum absolute atomic E-state index is 11.6. The topological polar surface area (TPSA) is 72.8 Å². The number of hydrogen-bond donors (Lipinski definition) is 1. The lowest BCUT2D eigenvalue weighted by Crippen LogP contribution is -2.14. The Hall–Kier alpha value is -2.30. The first kappa shape index (κ1) is 18.7. The van der Waals surface area contributed by atoms with Crippen LogP contribution in [0.2, 0.25) is 0 Å². The van der Waals surface area contributed by atoms with E-state index in [-0.39, 0.29) is 36.8 Å². The number of rotatable bonds is 7. The number of benzene rings is 1. The first-order valence-corrected chi connectivity index (χ1v) is 7.51. The van der Waals surface area contributed by atoms with E-state index in [0.717, 1.165) is 17.2 Å². The van der Waals surface area contributed by atoms with Crippen molar-refractivity contribution < 1.29 is 24.2 Å². The second-order valence-electron chi connectivity index (χ2n) is 6.19. The third-order valence-electron chi connectivity index (χ3n) is 3.24. The first-order valence-electron chi connectivity index (χ1n) is 7.51. The summed E-state index contributed by atoms with van der Waals surface area (Å²) in [5.74, 6) is -0.641. The van der Waals surface area contributed by atoms with Gasteiger partial charge in [-0.25, -0.2) is 4.79 Å². The summed E-state index contributed by atoms with van der Waals surface area (Å²) in [6.45, 7) is 9.37. The molecule has 5 nitrogen and oxygen atoms in total. The van der Waals surface area contributed by atoms with Crippen molar-refractivity contribution in [2.24, 2.45) is 0 Å². The molecular formula is C18H24O5. The van der Waals surface area contributed by atoms with Crippen molar-refractivity contribution in [1.29, 1.82) is 0 Å². The van der Waals surface area contributed by atoms with E-state index in [1.807, 2.05) is 26.8 Å². The van der Waals surface area contributed by atoms with E-state index in [0.29, 0.717) is 6.42 Å². The van der Waals surface area contributed by atoms with Crippen LogP contribution in [0, 0.1) is 0 Å². The molecule has 1 rings (SSSR count). The van der Waals surface area contributed by atoms with Crippen molar-refractivity contribution in [1.82, 2.24) is 0 Å². The summed E-state index contributed by atoms with van der Waals surface area (Å²) in [4.78, 5) is 22.5. The molecule has 0 fully saturated rings. The second kappa shape index (κ2) is 8.36. The largest absolute Gasteiger partial charge is 0.508 e. The Kier molecular flexibility index (Phi) is 6.82. The molecule has 5 heteroatoms. The van der Waals surface area contributed by atoms with Gasteiger partial charge in [0.1, 0.15) is 19.0 Å². The number of hydrogen-bond acceptors (Lipinski definition) is 5. The molecule has 0 saturated carbocycles. The summed E-state index contributed by atoms with van der Waals surface area (Å²) in [6.07, 6.45) is 1.80. The minimum absolute atomic E-state index is 0.0178. The Morgan fingerprint density at radius 1 is 1.22 bits per heavy atom. The average molecular weight is 320 g/mol. The third kappa shape index (κ3) is 6.55. The zero-order valence-electron chi connectivity index (χ0n) is 13.9. The molecule has 0 amide bonds. The number of carbonyl (C=O) groups is 2. The highest BCUT2D eigenvalue weighted by atomic mass is 16.6. The van der Waals surface area contributed by atoms with Gasteiger partial charge in [-0.1, -0.05) is 39.5 Å². The molecule has 1 aromatic rings. The molecule has 0 unspecified atom stereocenters. The summed E-state index contributed by atoms with van der Waals surface area (Å²) in [7, 11) is 0. The molecule has 1 N–H and O–H groups in total. The number of aryl methyl sites for hydroxylation is 1. The van der Waals surface area contributed by atoms with Crippen molar-refractivity contribution in [2.75, 3.05) is 13.2 Å². The quantitative estimate of drug-likeness (QED) is 0.475. The summed E-state index contributed by atoms with van der Waals surface area (Å²) in [5, 5.41) is 9.92. The van der Waals surface area contributed by atoms with Gasteiger partial charge in [0.15, 0.2) is 0 Å². The van der Waals surface area contributed by atoms with Crippen molar-refractivity contribution in [3.8, 4) is 5.75 Å². The van der Waals surface area contributed by atoms with Crippen molar-refractivity contribution in [3.63, 3.8) is 0 Å². The fourth-order valence-corrected chi connectivity index (χ4v) is 2.01. The highest BCUT2D eigenvalue weighted by Crippen LogP contribution is 2.31. The van der Waals surface area contributed by atoms with Crippen molar-refractivity contribution in [3.05, 3.63) is 42.0 Å². The van der Waals surface area contributed by atoms with Gasteiger partial charge in [-0.05, 0) is 29.0 Å². The fourth-order valence-electron chi connectivity index (χ4n) is 2.01. The number of esters is 2. The van der Waals surface area contributed by atoms with E-state index in [9.17, 15) is 14.7 Å². The van der Waals surface area contributed by atoms with E-state index in [2.05, 4.69) is 6.58 Å². The first-order chi connectivity index (χ1) is 10.7. The zero-order valence-corrected chi connectivity index (χ0v) is 13.9. The highest BCUT2D eigenvalue weighted by Gasteiger charge is 2.18. The maximum atomic E-state index is 11.6. The van der Waals surface area contributed by atoms with Crippen LogP contribution in [-0.2, 0) is 30.9 Å². The molecule has 0 spiro atoms. The average Bonchev–Trinajstić information content (AvgIpc) is 2.49. The molecule has 0 aliphatic rings. The molecule has 0 aliphatic heterocycles. The van der Waals surface area contributed by atoms with Crippen LogP contribution < -0.4 is 0 Å². The Morgan fingerprint density at radius 3 is 2.48 bits per heavy atom. The van der Waals surface area contributed by atoms with Crippen LogP contribution in [-0.4, -0.2) is 30.3 Å². The van der Waals surface area contributed by atoms with Gasteiger partial charge < -0.3 is 14.6 Å². The number of phenolic OH excluding ortho intramolecular Hbond substituents is 1. The monoisotopic (exact) mass is 320 g/mol. The lowest BCUT2D eigenvalue weighted by molar-refractivity contribution is -0.149. The van der Waals surface area contributed by atoms with Crippen LogP contribution in [0.25, 0.3) is 0 Å². The standard InChI is InChI=1S/C18H24O5/c1-5-16(20)22-10-11-23-17(21)9-7-13-6-8-15(19)14(12-13)18(2,3)4/h5-6,8,12,19H,1,7,9-11H2,2-4H3. The minimum Gasteiger partial charge on any atom is -0.508 e. The molecule has 0 heterocycles. The zero-order chi connectivity index (χ0) is 17.5. The Bertz CT molecular complexity index is 569. The van der Waals surface area contributed by atoms with Crippen LogP contribution in [0.15, 0.2) is 30.9 Å². The molecule has 0 saturated heterocycles. The van der Waals surface area contributed by atoms with Gasteiger partial charge in [0, 0.05) is 12.5 Å². The predicted molar refractivity (Wildman–Crippen MR) is 87.2 cm³/mol. The van der Waals surface area contributed by atoms with Gasteiger partial charge in [-0.3, -0.25) is 4.79 Å². The highest BCUT2D eigenvalue weighted by molar-refractivity contribution is 5.81. The smallest absolute Gasteiger partial charge is 0.330 e. The molecule has 0 aromatic heterocycles. The van der Waals surface area contributed by atoms with Crippen LogP contribution in [0.5, 0.6) is 5.75 Å². The number of aromatic hydroxyl groups is 1. The van der Waals surface area contributed by atoms with Crippen LogP contribution in [0.3, 0.4) is 0 Å². The number of ether oxygens (including phenoxy) is 2. The molecule has 1 aromatic carbocycles. The molecule has 23 heavy (non-hydrogen) atoms. The Labute approximate surface area is 136 Å². The SMILES string of the molecule is C=CC(=O)OCCOC(=O)CCc1ccc(O)c(C(C)(C)C)c1. The van der Waals surface area contributed by atoms with Gasteiger partial charge in [-0.15, -0.1) is 0 Å². The van der Waals surface area contributed by atoms with Gasteiger partial charge >= 0.3 is 11.9 Å². The lowest BCUT2D eigenvalue weighted by atomic mass is 9.85. The number of carbonyl (C=O) groups excluding carboxylic acids is 2. The van der Waals surface area contributed by atoms with Crippen LogP contribution in [0.1, 0.15) is 38.3 Å². The van der Waals surface area contributed by atoms with Gasteiger partial charge in [0.05, 0.1) is 0 Å². The van der Waals surface area contributed by atoms with Crippen molar-refractivity contribution in [2.45, 2.75) is 39.0 Å². The molecule has 0 radical (unpaired) electrons. The summed E-state index contributed by atoms with van der Waals surface area (Å²) in [6, 6.07) is 5.36. The summed E-state index contributed by atoms with van der Waals surface area (Å²) >= 11 is 0. The van der Waals surface area contributed by atoms with E-state index in [1.165, 1.54) is 0 Å². The van der Waals surface area contributed by atoms with Crippen molar-refractivity contribution >= 4 is 11.9 Å². The number of phenols is 1. The lowest BCUT2D eigenvalue weighted by Gasteiger charge is -2.21. The van der Waals surface area contributed by atoms with Crippen LogP contribution in [0.4, 0.5) is 0 Å². The van der Waals surface area contributed by atoms with E-state index < -0.39 is 5.97 Å². The van der Waals surface area contributed by atoms with Gasteiger partial charge in [-0.2, -0.15) is 0 Å². The molecule has 0 bridgehead atoms. The van der Waals surface area contributed by atoms with E-state index >= 15 is 0 Å². The summed E-state index contributed by atoms with van der Waals surface area (Å²) < 4.78 is 9.69. The molecule has 0 aliphatic carbocycles. The third-order valence-corrected chi connectivity index (χ3v) is 3.24. The van der Waals surface area contributed by atoms with Gasteiger partial charge in [0.2, 0.25) is 0 Å². The minimum atomic E-state index is -0.542. The van der Waals surface area contributed by atoms with Gasteiger partial charge in [0.25, 0.3) is 0 Å². The molecular weight excluding hydrogens is 296 g/mol. The second-order valence-corrected chi connectivity index (χ2v) is 6.19. The van der Waals surface area contributed by atoms with E-state index in [1.54, 1.807) is 12.1 Å². The Morgan fingerprint density at radius 2 is 1.87 bits per heavy atom. The summed E-state index contributed by atoms with van der Waals surface area (Å²) in [5.41, 5.74) is 1.64. The maximum Gasteiger partial charge on any atom is 0.330 e. The fraction of sp³-hybridized carbons (Fsp3) is 0.444.